The molecule has 0 spiro atoms. The van der Waals surface area contributed by atoms with Crippen LogP contribution in [0.4, 0.5) is 14.5 Å². The molecule has 0 radical (unpaired) electrons. The summed E-state index contributed by atoms with van der Waals surface area (Å²) in [6.07, 6.45) is 0.805. The average Bonchev–Trinajstić information content (AvgIpc) is 2.48. The van der Waals surface area contributed by atoms with Crippen LogP contribution >= 0.6 is 0 Å². The molecule has 2 rings (SSSR count). The van der Waals surface area contributed by atoms with Crippen LogP contribution in [0.1, 0.15) is 5.56 Å². The Morgan fingerprint density at radius 1 is 1.05 bits per heavy atom. The minimum absolute atomic E-state index is 0.0220. The molecule has 2 N–H and O–H groups in total. The van der Waals surface area contributed by atoms with E-state index in [4.69, 9.17) is 0 Å². The molecular weight excluding hydrogens is 274 g/mol. The Labute approximate surface area is 122 Å². The largest absolute Gasteiger partial charge is 0.322 e. The van der Waals surface area contributed by atoms with Gasteiger partial charge in [0.2, 0.25) is 5.91 Å². The highest BCUT2D eigenvalue weighted by Crippen LogP contribution is 2.14. The first-order chi connectivity index (χ1) is 10.1. The molecule has 0 aliphatic carbocycles. The predicted octanol–water partition coefficient (Wildman–Crippen LogP) is 2.74. The molecular formula is C16H16F2N2O. The van der Waals surface area contributed by atoms with E-state index in [0.717, 1.165) is 18.6 Å². The van der Waals surface area contributed by atoms with Crippen molar-refractivity contribution in [2.45, 2.75) is 6.42 Å². The molecule has 0 aliphatic rings. The van der Waals surface area contributed by atoms with E-state index in [1.165, 1.54) is 11.6 Å². The lowest BCUT2D eigenvalue weighted by atomic mass is 10.1. The number of carbonyl (C=O) groups is 1. The molecule has 3 nitrogen and oxygen atoms in total. The topological polar surface area (TPSA) is 41.1 Å². The van der Waals surface area contributed by atoms with Crippen LogP contribution in [0.3, 0.4) is 0 Å². The molecule has 0 atom stereocenters. The summed E-state index contributed by atoms with van der Waals surface area (Å²) in [5, 5.41) is 5.37. The normalized spacial score (nSPS) is 10.4. The number of carbonyl (C=O) groups excluding carboxylic acids is 1. The Morgan fingerprint density at radius 3 is 2.52 bits per heavy atom. The second kappa shape index (κ2) is 7.50. The Bertz CT molecular complexity index is 602. The van der Waals surface area contributed by atoms with Gasteiger partial charge in [-0.15, -0.1) is 0 Å². The third-order valence-corrected chi connectivity index (χ3v) is 2.92. The maximum atomic E-state index is 13.3. The minimum Gasteiger partial charge on any atom is -0.322 e. The zero-order valence-electron chi connectivity index (χ0n) is 11.4. The molecule has 0 heterocycles. The summed E-state index contributed by atoms with van der Waals surface area (Å²) >= 11 is 0. The van der Waals surface area contributed by atoms with E-state index in [1.54, 1.807) is 0 Å². The number of hydrogen-bond donors (Lipinski definition) is 2. The number of benzene rings is 2. The van der Waals surface area contributed by atoms with Crippen LogP contribution in [0.2, 0.25) is 0 Å². The number of halogens is 2. The van der Waals surface area contributed by atoms with Crippen LogP contribution < -0.4 is 10.6 Å². The average molecular weight is 290 g/mol. The second-order valence-corrected chi connectivity index (χ2v) is 4.58. The molecule has 0 unspecified atom stereocenters. The molecule has 0 saturated heterocycles. The highest BCUT2D eigenvalue weighted by atomic mass is 19.1. The van der Waals surface area contributed by atoms with Crippen molar-refractivity contribution in [2.75, 3.05) is 18.4 Å². The summed E-state index contributed by atoms with van der Waals surface area (Å²) < 4.78 is 26.1. The first-order valence-corrected chi connectivity index (χ1v) is 6.65. The molecule has 0 aliphatic heterocycles. The van der Waals surface area contributed by atoms with Gasteiger partial charge in [0.1, 0.15) is 11.6 Å². The number of nitrogens with one attached hydrogen (secondary N) is 2. The van der Waals surface area contributed by atoms with Crippen molar-refractivity contribution in [3.05, 3.63) is 65.7 Å². The maximum Gasteiger partial charge on any atom is 0.238 e. The Morgan fingerprint density at radius 2 is 1.81 bits per heavy atom. The van der Waals surface area contributed by atoms with Crippen LogP contribution in [0.5, 0.6) is 0 Å². The Balaban J connectivity index is 1.72. The van der Waals surface area contributed by atoms with Gasteiger partial charge in [-0.2, -0.15) is 0 Å². The van der Waals surface area contributed by atoms with E-state index >= 15 is 0 Å². The lowest BCUT2D eigenvalue weighted by molar-refractivity contribution is -0.115. The maximum absolute atomic E-state index is 13.3. The highest BCUT2D eigenvalue weighted by molar-refractivity contribution is 5.92. The van der Waals surface area contributed by atoms with E-state index in [-0.39, 0.29) is 18.1 Å². The molecule has 1 amide bonds. The Hall–Kier alpha value is -2.27. The molecule has 0 fully saturated rings. The summed E-state index contributed by atoms with van der Waals surface area (Å²) in [4.78, 5) is 11.6. The van der Waals surface area contributed by atoms with Crippen molar-refractivity contribution in [2.24, 2.45) is 0 Å². The lowest BCUT2D eigenvalue weighted by Crippen LogP contribution is -2.29. The minimum atomic E-state index is -0.785. The fourth-order valence-electron chi connectivity index (χ4n) is 1.86. The van der Waals surface area contributed by atoms with Gasteiger partial charge in [-0.05, 0) is 30.7 Å². The van der Waals surface area contributed by atoms with Crippen LogP contribution in [0, 0.1) is 11.6 Å². The summed E-state index contributed by atoms with van der Waals surface area (Å²) in [5.41, 5.74) is 1.15. The molecule has 0 saturated carbocycles. The number of rotatable bonds is 6. The first kappa shape index (κ1) is 15.1. The van der Waals surface area contributed by atoms with Gasteiger partial charge in [-0.1, -0.05) is 30.3 Å². The van der Waals surface area contributed by atoms with Gasteiger partial charge in [0.05, 0.1) is 12.2 Å². The summed E-state index contributed by atoms with van der Waals surface area (Å²) in [7, 11) is 0. The number of amides is 1. The van der Waals surface area contributed by atoms with E-state index in [0.29, 0.717) is 6.54 Å². The van der Waals surface area contributed by atoms with Crippen molar-refractivity contribution in [3.63, 3.8) is 0 Å². The van der Waals surface area contributed by atoms with Crippen LogP contribution in [0.15, 0.2) is 48.5 Å². The van der Waals surface area contributed by atoms with Gasteiger partial charge < -0.3 is 10.6 Å². The predicted molar refractivity (Wildman–Crippen MR) is 78.0 cm³/mol. The van der Waals surface area contributed by atoms with Gasteiger partial charge in [0.15, 0.2) is 0 Å². The molecule has 0 bridgehead atoms. The molecule has 5 heteroatoms. The zero-order chi connectivity index (χ0) is 15.1. The molecule has 2 aromatic carbocycles. The smallest absolute Gasteiger partial charge is 0.238 e. The number of hydrogen-bond acceptors (Lipinski definition) is 2. The van der Waals surface area contributed by atoms with Crippen molar-refractivity contribution >= 4 is 11.6 Å². The molecule has 2 aromatic rings. The molecule has 0 aromatic heterocycles. The third kappa shape index (κ3) is 4.96. The van der Waals surface area contributed by atoms with Crippen LogP contribution in [-0.2, 0) is 11.2 Å². The van der Waals surface area contributed by atoms with Crippen molar-refractivity contribution in [1.82, 2.24) is 5.32 Å². The van der Waals surface area contributed by atoms with Gasteiger partial charge >= 0.3 is 0 Å². The van der Waals surface area contributed by atoms with E-state index < -0.39 is 11.6 Å². The quantitative estimate of drug-likeness (QED) is 0.803. The van der Waals surface area contributed by atoms with Crippen LogP contribution in [-0.4, -0.2) is 19.0 Å². The fraction of sp³-hybridized carbons (Fsp3) is 0.188. The van der Waals surface area contributed by atoms with E-state index in [2.05, 4.69) is 10.6 Å². The van der Waals surface area contributed by atoms with Crippen LogP contribution in [0.25, 0.3) is 0 Å². The van der Waals surface area contributed by atoms with E-state index in [1.807, 2.05) is 30.3 Å². The molecule has 21 heavy (non-hydrogen) atoms. The lowest BCUT2D eigenvalue weighted by Gasteiger charge is -2.07. The fourth-order valence-corrected chi connectivity index (χ4v) is 1.86. The highest BCUT2D eigenvalue weighted by Gasteiger charge is 2.07. The van der Waals surface area contributed by atoms with Gasteiger partial charge in [0.25, 0.3) is 0 Å². The SMILES string of the molecule is O=C(CNCCc1ccccc1)Nc1ccc(F)cc1F. The van der Waals surface area contributed by atoms with Crippen molar-refractivity contribution in [3.8, 4) is 0 Å². The van der Waals surface area contributed by atoms with Gasteiger partial charge in [-0.25, -0.2) is 8.78 Å². The summed E-state index contributed by atoms with van der Waals surface area (Å²) in [6, 6.07) is 12.9. The number of anilines is 1. The summed E-state index contributed by atoms with van der Waals surface area (Å²) in [5.74, 6) is -1.83. The zero-order valence-corrected chi connectivity index (χ0v) is 11.4. The Kier molecular flexibility index (Phi) is 5.40. The van der Waals surface area contributed by atoms with Gasteiger partial charge in [-0.3, -0.25) is 4.79 Å². The standard InChI is InChI=1S/C16H16F2N2O/c17-13-6-7-15(14(18)10-13)20-16(21)11-19-9-8-12-4-2-1-3-5-12/h1-7,10,19H,8-9,11H2,(H,20,21). The first-order valence-electron chi connectivity index (χ1n) is 6.65. The summed E-state index contributed by atoms with van der Waals surface area (Å²) in [6.45, 7) is 0.715. The third-order valence-electron chi connectivity index (χ3n) is 2.92. The van der Waals surface area contributed by atoms with Gasteiger partial charge in [0, 0.05) is 6.07 Å². The van der Waals surface area contributed by atoms with Crippen molar-refractivity contribution in [1.29, 1.82) is 0 Å². The van der Waals surface area contributed by atoms with E-state index in [9.17, 15) is 13.6 Å². The van der Waals surface area contributed by atoms with Crippen molar-refractivity contribution < 1.29 is 13.6 Å². The second-order valence-electron chi connectivity index (χ2n) is 4.58. The monoisotopic (exact) mass is 290 g/mol. The molecule has 110 valence electrons.